The molecule has 3 N–H and O–H groups in total. The molecule has 9 heteroatoms. The van der Waals surface area contributed by atoms with Crippen molar-refractivity contribution in [3.05, 3.63) is 22.2 Å². The Morgan fingerprint density at radius 1 is 1.26 bits per heavy atom. The summed E-state index contributed by atoms with van der Waals surface area (Å²) in [6.07, 6.45) is -5.77. The number of hydrogen-bond acceptors (Lipinski definition) is 3. The van der Waals surface area contributed by atoms with E-state index in [2.05, 4.69) is 20.7 Å². The van der Waals surface area contributed by atoms with E-state index in [4.69, 9.17) is 5.73 Å². The molecule has 0 amide bonds. The molecule has 0 fully saturated rings. The predicted molar refractivity (Wildman–Crippen MR) is 60.3 cm³/mol. The standard InChI is InChI=1S/C10H9BrF5NO2/c1-19-6-3-4(2-5(11)7(6)18)8(17)9(12,13)10(14,15)16/h2-3,8,18H,17H2,1H3/t8-/m1/s1. The molecule has 0 unspecified atom stereocenters. The van der Waals surface area contributed by atoms with Crippen LogP contribution in [0, 0.1) is 0 Å². The number of methoxy groups -OCH3 is 1. The first-order valence-corrected chi connectivity index (χ1v) is 5.58. The molecular weight excluding hydrogens is 341 g/mol. The van der Waals surface area contributed by atoms with E-state index in [-0.39, 0.29) is 10.2 Å². The Hall–Kier alpha value is -1.09. The molecular formula is C10H9BrF5NO2. The fourth-order valence-electron chi connectivity index (χ4n) is 1.31. The summed E-state index contributed by atoms with van der Waals surface area (Å²) in [5.74, 6) is -5.79. The van der Waals surface area contributed by atoms with E-state index in [0.29, 0.717) is 0 Å². The lowest BCUT2D eigenvalue weighted by Gasteiger charge is -2.26. The fourth-order valence-corrected chi connectivity index (χ4v) is 1.77. The minimum absolute atomic E-state index is 0.102. The van der Waals surface area contributed by atoms with Gasteiger partial charge in [-0.2, -0.15) is 22.0 Å². The second-order valence-corrected chi connectivity index (χ2v) is 4.51. The summed E-state index contributed by atoms with van der Waals surface area (Å²) in [6, 6.07) is -0.912. The lowest BCUT2D eigenvalue weighted by molar-refractivity contribution is -0.291. The molecule has 0 heterocycles. The highest BCUT2D eigenvalue weighted by Gasteiger charge is 2.61. The van der Waals surface area contributed by atoms with Crippen molar-refractivity contribution in [2.75, 3.05) is 7.11 Å². The van der Waals surface area contributed by atoms with E-state index >= 15 is 0 Å². The Balaban J connectivity index is 3.28. The van der Waals surface area contributed by atoms with E-state index in [9.17, 15) is 27.1 Å². The summed E-state index contributed by atoms with van der Waals surface area (Å²) in [5, 5.41) is 9.44. The third kappa shape index (κ3) is 2.92. The molecule has 0 saturated heterocycles. The zero-order valence-corrected chi connectivity index (χ0v) is 11.0. The summed E-state index contributed by atoms with van der Waals surface area (Å²) in [5.41, 5.74) is 4.45. The Morgan fingerprint density at radius 2 is 1.79 bits per heavy atom. The van der Waals surface area contributed by atoms with Crippen LogP contribution in [0.2, 0.25) is 0 Å². The summed E-state index contributed by atoms with van der Waals surface area (Å²) >= 11 is 2.81. The van der Waals surface area contributed by atoms with Crippen molar-refractivity contribution in [3.63, 3.8) is 0 Å². The van der Waals surface area contributed by atoms with E-state index in [1.165, 1.54) is 0 Å². The lowest BCUT2D eigenvalue weighted by Crippen LogP contribution is -2.45. The van der Waals surface area contributed by atoms with Gasteiger partial charge in [0.1, 0.15) is 6.04 Å². The van der Waals surface area contributed by atoms with Crippen molar-refractivity contribution in [2.45, 2.75) is 18.1 Å². The monoisotopic (exact) mass is 349 g/mol. The first-order chi connectivity index (χ1) is 8.52. The van der Waals surface area contributed by atoms with Crippen LogP contribution in [-0.2, 0) is 0 Å². The third-order valence-corrected chi connectivity index (χ3v) is 3.00. The Bertz CT molecular complexity index is 478. The van der Waals surface area contributed by atoms with Gasteiger partial charge in [-0.25, -0.2) is 0 Å². The van der Waals surface area contributed by atoms with Gasteiger partial charge in [-0.3, -0.25) is 0 Å². The minimum Gasteiger partial charge on any atom is -0.503 e. The summed E-state index contributed by atoms with van der Waals surface area (Å²) in [4.78, 5) is 0. The van der Waals surface area contributed by atoms with Crippen LogP contribution < -0.4 is 10.5 Å². The molecule has 3 nitrogen and oxygen atoms in total. The van der Waals surface area contributed by atoms with Crippen LogP contribution in [0.4, 0.5) is 22.0 Å². The second kappa shape index (κ2) is 5.12. The van der Waals surface area contributed by atoms with Crippen molar-refractivity contribution in [2.24, 2.45) is 5.73 Å². The Morgan fingerprint density at radius 3 is 2.21 bits per heavy atom. The summed E-state index contributed by atoms with van der Waals surface area (Å²) < 4.78 is 67.4. The highest BCUT2D eigenvalue weighted by Crippen LogP contribution is 2.45. The zero-order valence-electron chi connectivity index (χ0n) is 9.43. The number of rotatable bonds is 3. The molecule has 1 aromatic carbocycles. The maximum absolute atomic E-state index is 13.1. The predicted octanol–water partition coefficient (Wildman–Crippen LogP) is 3.36. The van der Waals surface area contributed by atoms with Crippen molar-refractivity contribution < 1.29 is 31.8 Å². The quantitative estimate of drug-likeness (QED) is 0.822. The van der Waals surface area contributed by atoms with Crippen LogP contribution in [-0.4, -0.2) is 24.3 Å². The van der Waals surface area contributed by atoms with E-state index in [1.54, 1.807) is 0 Å². The molecule has 0 aliphatic carbocycles. The molecule has 108 valence electrons. The van der Waals surface area contributed by atoms with Gasteiger partial charge in [0, 0.05) is 0 Å². The first kappa shape index (κ1) is 16.0. The molecule has 0 spiro atoms. The molecule has 0 aromatic heterocycles. The van der Waals surface area contributed by atoms with Gasteiger partial charge in [-0.15, -0.1) is 0 Å². The molecule has 1 aromatic rings. The molecule has 0 aliphatic heterocycles. The van der Waals surface area contributed by atoms with E-state index in [1.807, 2.05) is 0 Å². The number of aromatic hydroxyl groups is 1. The molecule has 0 aliphatic rings. The fraction of sp³-hybridized carbons (Fsp3) is 0.400. The van der Waals surface area contributed by atoms with E-state index < -0.39 is 29.5 Å². The largest absolute Gasteiger partial charge is 0.503 e. The van der Waals surface area contributed by atoms with Crippen LogP contribution in [0.25, 0.3) is 0 Å². The zero-order chi connectivity index (χ0) is 15.0. The topological polar surface area (TPSA) is 55.5 Å². The van der Waals surface area contributed by atoms with Gasteiger partial charge >= 0.3 is 12.1 Å². The first-order valence-electron chi connectivity index (χ1n) is 4.79. The summed E-state index contributed by atoms with van der Waals surface area (Å²) in [7, 11) is 1.12. The smallest absolute Gasteiger partial charge is 0.455 e. The number of nitrogens with two attached hydrogens (primary N) is 1. The van der Waals surface area contributed by atoms with Crippen molar-refractivity contribution in [1.29, 1.82) is 0 Å². The van der Waals surface area contributed by atoms with Crippen LogP contribution in [0.1, 0.15) is 11.6 Å². The SMILES string of the molecule is COc1cc([C@@H](N)C(F)(F)C(F)(F)F)cc(Br)c1O. The van der Waals surface area contributed by atoms with Crippen LogP contribution in [0.3, 0.4) is 0 Å². The van der Waals surface area contributed by atoms with Gasteiger partial charge in [-0.05, 0) is 33.6 Å². The lowest BCUT2D eigenvalue weighted by atomic mass is 10.0. The van der Waals surface area contributed by atoms with Crippen molar-refractivity contribution in [1.82, 2.24) is 0 Å². The molecule has 0 bridgehead atoms. The number of ether oxygens (including phenoxy) is 1. The van der Waals surface area contributed by atoms with Gasteiger partial charge in [0.25, 0.3) is 0 Å². The Labute approximate surface area is 113 Å². The number of benzene rings is 1. The minimum atomic E-state index is -5.77. The number of hydrogen-bond donors (Lipinski definition) is 2. The molecule has 1 atom stereocenters. The number of phenols is 1. The van der Waals surface area contributed by atoms with Gasteiger partial charge in [0.15, 0.2) is 11.5 Å². The second-order valence-electron chi connectivity index (χ2n) is 3.65. The highest BCUT2D eigenvalue weighted by molar-refractivity contribution is 9.10. The Kier molecular flexibility index (Phi) is 4.30. The maximum atomic E-state index is 13.1. The van der Waals surface area contributed by atoms with E-state index in [0.717, 1.165) is 19.2 Å². The van der Waals surface area contributed by atoms with Crippen molar-refractivity contribution >= 4 is 15.9 Å². The average molecular weight is 350 g/mol. The molecule has 0 radical (unpaired) electrons. The summed E-state index contributed by atoms with van der Waals surface area (Å²) in [6.45, 7) is 0. The van der Waals surface area contributed by atoms with Crippen LogP contribution in [0.5, 0.6) is 11.5 Å². The molecule has 0 saturated carbocycles. The molecule has 19 heavy (non-hydrogen) atoms. The molecule has 1 rings (SSSR count). The van der Waals surface area contributed by atoms with Gasteiger partial charge in [-0.1, -0.05) is 0 Å². The average Bonchev–Trinajstić information content (AvgIpc) is 2.30. The van der Waals surface area contributed by atoms with Gasteiger partial charge < -0.3 is 15.6 Å². The number of alkyl halides is 5. The number of phenolic OH excluding ortho intramolecular Hbond substituents is 1. The highest BCUT2D eigenvalue weighted by atomic mass is 79.9. The van der Waals surface area contributed by atoms with Gasteiger partial charge in [0.05, 0.1) is 11.6 Å². The van der Waals surface area contributed by atoms with Crippen LogP contribution in [0.15, 0.2) is 16.6 Å². The normalized spacial score (nSPS) is 14.3. The maximum Gasteiger partial charge on any atom is 0.455 e. The van der Waals surface area contributed by atoms with Crippen molar-refractivity contribution in [3.8, 4) is 11.5 Å². The van der Waals surface area contributed by atoms with Gasteiger partial charge in [0.2, 0.25) is 0 Å². The third-order valence-electron chi connectivity index (χ3n) is 2.40. The number of halogens is 6. The van der Waals surface area contributed by atoms with Crippen LogP contribution >= 0.6 is 15.9 Å².